The molecule has 4 heteroatoms. The minimum absolute atomic E-state index is 0.0225. The quantitative estimate of drug-likeness (QED) is 0.899. The topological polar surface area (TPSA) is 48.1 Å². The van der Waals surface area contributed by atoms with Gasteiger partial charge in [-0.15, -0.1) is 11.3 Å². The van der Waals surface area contributed by atoms with Crippen LogP contribution in [-0.4, -0.2) is 11.6 Å². The lowest BCUT2D eigenvalue weighted by atomic mass is 10.1. The van der Waals surface area contributed by atoms with E-state index >= 15 is 0 Å². The van der Waals surface area contributed by atoms with Gasteiger partial charge in [-0.1, -0.05) is 30.3 Å². The second-order valence-electron chi connectivity index (χ2n) is 4.14. The van der Waals surface area contributed by atoms with E-state index in [4.69, 9.17) is 10.5 Å². The molecule has 0 aliphatic rings. The van der Waals surface area contributed by atoms with Crippen LogP contribution in [0.3, 0.4) is 0 Å². The summed E-state index contributed by atoms with van der Waals surface area (Å²) in [6.07, 6.45) is 1.76. The molecule has 0 fully saturated rings. The first-order valence-electron chi connectivity index (χ1n) is 6.10. The number of aromatic nitrogens is 1. The van der Waals surface area contributed by atoms with Crippen molar-refractivity contribution < 1.29 is 4.74 Å². The Morgan fingerprint density at radius 2 is 2.06 bits per heavy atom. The summed E-state index contributed by atoms with van der Waals surface area (Å²) in [5.41, 5.74) is 7.00. The Morgan fingerprint density at radius 3 is 2.61 bits per heavy atom. The molecule has 0 saturated heterocycles. The predicted molar refractivity (Wildman–Crippen MR) is 74.6 cm³/mol. The number of nitrogens with two attached hydrogens (primary N) is 1. The molecule has 2 aromatic rings. The Balaban J connectivity index is 2.29. The molecule has 0 aliphatic heterocycles. The highest BCUT2D eigenvalue weighted by Gasteiger charge is 2.18. The van der Waals surface area contributed by atoms with Crippen LogP contribution < -0.4 is 5.73 Å². The molecule has 1 aromatic carbocycles. The first-order valence-corrected chi connectivity index (χ1v) is 6.91. The van der Waals surface area contributed by atoms with Crippen molar-refractivity contribution in [3.8, 4) is 0 Å². The number of ether oxygens (including phenoxy) is 1. The van der Waals surface area contributed by atoms with Crippen LogP contribution in [-0.2, 0) is 4.74 Å². The molecule has 2 N–H and O–H groups in total. The van der Waals surface area contributed by atoms with Crippen molar-refractivity contribution in [2.24, 2.45) is 5.73 Å². The van der Waals surface area contributed by atoms with Gasteiger partial charge in [-0.2, -0.15) is 0 Å². The van der Waals surface area contributed by atoms with Crippen LogP contribution >= 0.6 is 11.3 Å². The van der Waals surface area contributed by atoms with Gasteiger partial charge in [-0.3, -0.25) is 0 Å². The fraction of sp³-hybridized carbons (Fsp3) is 0.357. The zero-order chi connectivity index (χ0) is 13.0. The summed E-state index contributed by atoms with van der Waals surface area (Å²) in [7, 11) is 0. The Bertz CT molecular complexity index is 482. The summed E-state index contributed by atoms with van der Waals surface area (Å²) in [5, 5.41) is 0.968. The molecule has 3 nitrogen and oxygen atoms in total. The molecule has 0 aliphatic carbocycles. The average Bonchev–Trinajstić information content (AvgIpc) is 2.86. The third-order valence-corrected chi connectivity index (χ3v) is 3.89. The standard InChI is InChI=1S/C14H18N2OS/c1-3-17-13(11-7-5-4-6-8-11)14-16-9-12(18-14)10(2)15/h4-10,13H,3,15H2,1-2H3. The third kappa shape index (κ3) is 2.96. The van der Waals surface area contributed by atoms with Gasteiger partial charge >= 0.3 is 0 Å². The van der Waals surface area contributed by atoms with Gasteiger partial charge in [-0.25, -0.2) is 4.98 Å². The van der Waals surface area contributed by atoms with Gasteiger partial charge in [-0.05, 0) is 19.4 Å². The summed E-state index contributed by atoms with van der Waals surface area (Å²) >= 11 is 1.62. The van der Waals surface area contributed by atoms with E-state index in [9.17, 15) is 0 Å². The van der Waals surface area contributed by atoms with Crippen molar-refractivity contribution >= 4 is 11.3 Å². The van der Waals surface area contributed by atoms with Gasteiger partial charge in [0.25, 0.3) is 0 Å². The van der Waals surface area contributed by atoms with Gasteiger partial charge in [0.15, 0.2) is 0 Å². The van der Waals surface area contributed by atoms with Gasteiger partial charge in [0.1, 0.15) is 11.1 Å². The Kier molecular flexibility index (Phi) is 4.47. The van der Waals surface area contributed by atoms with Crippen LogP contribution in [0.25, 0.3) is 0 Å². The van der Waals surface area contributed by atoms with E-state index in [1.54, 1.807) is 11.3 Å². The summed E-state index contributed by atoms with van der Waals surface area (Å²) in [4.78, 5) is 5.53. The molecule has 0 radical (unpaired) electrons. The molecule has 2 unspecified atom stereocenters. The monoisotopic (exact) mass is 262 g/mol. The smallest absolute Gasteiger partial charge is 0.134 e. The SMILES string of the molecule is CCOC(c1ccccc1)c1ncc(C(C)N)s1. The maximum absolute atomic E-state index is 5.87. The van der Waals surface area contributed by atoms with E-state index < -0.39 is 0 Å². The molecule has 0 saturated carbocycles. The maximum atomic E-state index is 5.87. The highest BCUT2D eigenvalue weighted by Crippen LogP contribution is 2.30. The molecular formula is C14H18N2OS. The van der Waals surface area contributed by atoms with E-state index in [-0.39, 0.29) is 12.1 Å². The van der Waals surface area contributed by atoms with E-state index in [1.807, 2.05) is 38.2 Å². The van der Waals surface area contributed by atoms with Crippen LogP contribution in [0.1, 0.15) is 41.4 Å². The average molecular weight is 262 g/mol. The Hall–Kier alpha value is -1.23. The Morgan fingerprint density at radius 1 is 1.33 bits per heavy atom. The van der Waals surface area contributed by atoms with E-state index in [0.29, 0.717) is 6.61 Å². The molecule has 2 atom stereocenters. The number of nitrogens with zero attached hydrogens (tertiary/aromatic N) is 1. The number of rotatable bonds is 5. The minimum atomic E-state index is -0.0892. The van der Waals surface area contributed by atoms with Crippen LogP contribution in [0.4, 0.5) is 0 Å². The molecule has 0 spiro atoms. The van der Waals surface area contributed by atoms with Crippen molar-refractivity contribution in [3.05, 3.63) is 52.0 Å². The van der Waals surface area contributed by atoms with Crippen LogP contribution in [0, 0.1) is 0 Å². The summed E-state index contributed by atoms with van der Waals surface area (Å²) < 4.78 is 5.81. The highest BCUT2D eigenvalue weighted by atomic mass is 32.1. The largest absolute Gasteiger partial charge is 0.367 e. The van der Waals surface area contributed by atoms with Crippen LogP contribution in [0.15, 0.2) is 36.5 Å². The van der Waals surface area contributed by atoms with E-state index in [2.05, 4.69) is 17.1 Å². The van der Waals surface area contributed by atoms with Gasteiger partial charge in [0.05, 0.1) is 0 Å². The Labute approximate surface area is 112 Å². The van der Waals surface area contributed by atoms with Crippen molar-refractivity contribution in [2.75, 3.05) is 6.61 Å². The van der Waals surface area contributed by atoms with Crippen LogP contribution in [0.5, 0.6) is 0 Å². The number of hydrogen-bond donors (Lipinski definition) is 1. The first-order chi connectivity index (χ1) is 8.72. The molecule has 1 heterocycles. The molecular weight excluding hydrogens is 244 g/mol. The fourth-order valence-electron chi connectivity index (χ4n) is 1.74. The van der Waals surface area contributed by atoms with E-state index in [1.165, 1.54) is 0 Å². The molecule has 0 bridgehead atoms. The highest BCUT2D eigenvalue weighted by molar-refractivity contribution is 7.11. The molecule has 0 amide bonds. The van der Waals surface area contributed by atoms with Crippen molar-refractivity contribution in [2.45, 2.75) is 26.0 Å². The minimum Gasteiger partial charge on any atom is -0.367 e. The van der Waals surface area contributed by atoms with Crippen LogP contribution in [0.2, 0.25) is 0 Å². The summed E-state index contributed by atoms with van der Waals surface area (Å²) in [6.45, 7) is 4.62. The van der Waals surface area contributed by atoms with Gasteiger partial charge < -0.3 is 10.5 Å². The summed E-state index contributed by atoms with van der Waals surface area (Å²) in [5.74, 6) is 0. The van der Waals surface area contributed by atoms with Crippen molar-refractivity contribution in [1.29, 1.82) is 0 Å². The van der Waals surface area contributed by atoms with Gasteiger partial charge in [0, 0.05) is 23.7 Å². The second-order valence-corrected chi connectivity index (χ2v) is 5.23. The molecule has 18 heavy (non-hydrogen) atoms. The normalized spacial score (nSPS) is 14.4. The molecule has 96 valence electrons. The molecule has 2 rings (SSSR count). The number of thiazole rings is 1. The first kappa shape index (κ1) is 13.2. The fourth-order valence-corrected chi connectivity index (χ4v) is 2.69. The van der Waals surface area contributed by atoms with E-state index in [0.717, 1.165) is 15.4 Å². The maximum Gasteiger partial charge on any atom is 0.134 e. The zero-order valence-electron chi connectivity index (χ0n) is 10.7. The van der Waals surface area contributed by atoms with Gasteiger partial charge in [0.2, 0.25) is 0 Å². The molecule has 1 aromatic heterocycles. The third-order valence-electron chi connectivity index (χ3n) is 2.65. The predicted octanol–water partition coefficient (Wildman–Crippen LogP) is 3.29. The lowest BCUT2D eigenvalue weighted by Gasteiger charge is -2.14. The van der Waals surface area contributed by atoms with Crippen molar-refractivity contribution in [1.82, 2.24) is 4.98 Å². The lowest BCUT2D eigenvalue weighted by molar-refractivity contribution is 0.0911. The zero-order valence-corrected chi connectivity index (χ0v) is 11.5. The number of benzene rings is 1. The summed E-state index contributed by atoms with van der Waals surface area (Å²) in [6, 6.07) is 10.2. The number of hydrogen-bond acceptors (Lipinski definition) is 4. The van der Waals surface area contributed by atoms with Crippen molar-refractivity contribution in [3.63, 3.8) is 0 Å². The second kappa shape index (κ2) is 6.09. The lowest BCUT2D eigenvalue weighted by Crippen LogP contribution is -2.05.